The van der Waals surface area contributed by atoms with Crippen LogP contribution in [0.5, 0.6) is 0 Å². The number of aromatic nitrogens is 1. The van der Waals surface area contributed by atoms with E-state index in [4.69, 9.17) is 0 Å². The molecule has 0 saturated heterocycles. The van der Waals surface area contributed by atoms with Crippen LogP contribution in [0.1, 0.15) is 63.4 Å². The van der Waals surface area contributed by atoms with E-state index in [2.05, 4.69) is 233 Å². The molecule has 7 aromatic rings. The summed E-state index contributed by atoms with van der Waals surface area (Å²) in [4.78, 5) is 7.43. The van der Waals surface area contributed by atoms with E-state index in [9.17, 15) is 10.5 Å². The molecule has 6 nitrogen and oxygen atoms in total. The highest BCUT2D eigenvalue weighted by molar-refractivity contribution is 6.10. The van der Waals surface area contributed by atoms with Crippen molar-refractivity contribution in [1.29, 1.82) is 10.5 Å². The maximum atomic E-state index is 9.82. The lowest BCUT2D eigenvalue weighted by Gasteiger charge is -2.42. The zero-order valence-corrected chi connectivity index (χ0v) is 38.8. The minimum Gasteiger partial charge on any atom is -0.332 e. The first-order valence-corrected chi connectivity index (χ1v) is 24.4. The van der Waals surface area contributed by atoms with Gasteiger partial charge in [-0.3, -0.25) is 0 Å². The number of fused-ring (bicyclic) bond motifs is 6. The van der Waals surface area contributed by atoms with Crippen LogP contribution in [0.25, 0.3) is 38.6 Å². The molecule has 3 atom stereocenters. The average molecular weight is 893 g/mol. The van der Waals surface area contributed by atoms with Gasteiger partial charge in [0.25, 0.3) is 0 Å². The van der Waals surface area contributed by atoms with Crippen LogP contribution in [0.4, 0.5) is 22.7 Å². The molecule has 5 aliphatic rings. The first-order chi connectivity index (χ1) is 34.0. The van der Waals surface area contributed by atoms with Gasteiger partial charge in [0.2, 0.25) is 0 Å². The van der Waals surface area contributed by atoms with Gasteiger partial charge in [-0.25, -0.2) is 0 Å². The first-order valence-electron chi connectivity index (χ1n) is 24.4. The average Bonchev–Trinajstić information content (AvgIpc) is 3.92. The Labute approximate surface area is 405 Å². The first kappa shape index (κ1) is 42.1. The van der Waals surface area contributed by atoms with Crippen LogP contribution >= 0.6 is 0 Å². The number of allylic oxidation sites excluding steroid dienone is 12. The number of para-hydroxylation sites is 3. The molecule has 0 fully saturated rings. The lowest BCUT2D eigenvalue weighted by atomic mass is 9.87. The van der Waals surface area contributed by atoms with Crippen LogP contribution < -0.4 is 14.7 Å². The van der Waals surface area contributed by atoms with Gasteiger partial charge in [-0.1, -0.05) is 109 Å². The minimum atomic E-state index is -0.424. The molecule has 0 saturated carbocycles. The third-order valence-corrected chi connectivity index (χ3v) is 15.0. The third-order valence-electron chi connectivity index (χ3n) is 15.0. The highest BCUT2D eigenvalue weighted by Gasteiger charge is 2.39. The molecular formula is C63H52N6. The summed E-state index contributed by atoms with van der Waals surface area (Å²) in [6.07, 6.45) is 26.2. The van der Waals surface area contributed by atoms with Crippen molar-refractivity contribution in [3.05, 3.63) is 234 Å². The van der Waals surface area contributed by atoms with Crippen molar-refractivity contribution in [3.63, 3.8) is 0 Å². The van der Waals surface area contributed by atoms with Gasteiger partial charge in [-0.2, -0.15) is 10.5 Å². The number of hydrogen-bond donors (Lipinski definition) is 0. The van der Waals surface area contributed by atoms with E-state index in [1.807, 2.05) is 6.08 Å². The number of rotatable bonds is 9. The minimum absolute atomic E-state index is 0.0596. The summed E-state index contributed by atoms with van der Waals surface area (Å²) in [7, 11) is 0. The molecule has 1 aromatic heterocycles. The molecular weight excluding hydrogens is 841 g/mol. The number of nitriles is 2. The fourth-order valence-electron chi connectivity index (χ4n) is 11.5. The quantitative estimate of drug-likeness (QED) is 0.144. The van der Waals surface area contributed by atoms with Gasteiger partial charge in [-0.15, -0.1) is 0 Å². The van der Waals surface area contributed by atoms with Gasteiger partial charge in [0, 0.05) is 79.9 Å². The Morgan fingerprint density at radius 3 is 2.14 bits per heavy atom. The van der Waals surface area contributed by atoms with E-state index in [1.165, 1.54) is 50.3 Å². The van der Waals surface area contributed by atoms with E-state index in [0.29, 0.717) is 12.0 Å². The molecule has 0 N–H and O–H groups in total. The standard InChI is InChI=1S/C63H52N6/c1-63(38-36-45(43-65)37-39-63)69(54-33-35-62-58(41-54)56-17-9-11-19-60(56)68(62)49-14-6-3-7-15-49)52-30-24-47(25-31-52)46-22-28-51(29-23-46)66(50-26-20-44(42-64)21-27-50)53-32-34-61-57(40-53)55-16-8-10-18-59(55)67(61)48-12-4-2-5-13-48/h2-4,6-12,14-19,22-26,28-38,41,44,57H,5,13,20-21,27,39-40H2,1H3. The molecule has 0 spiro atoms. The highest BCUT2D eigenvalue weighted by Crippen LogP contribution is 2.52. The predicted molar refractivity (Wildman–Crippen MR) is 283 cm³/mol. The van der Waals surface area contributed by atoms with E-state index in [0.717, 1.165) is 77.9 Å². The topological polar surface area (TPSA) is 62.2 Å². The van der Waals surface area contributed by atoms with Crippen molar-refractivity contribution in [1.82, 2.24) is 4.57 Å². The maximum Gasteiger partial charge on any atom is 0.0988 e. The molecule has 0 amide bonds. The molecule has 4 aliphatic carbocycles. The van der Waals surface area contributed by atoms with Crippen molar-refractivity contribution < 1.29 is 0 Å². The Morgan fingerprint density at radius 1 is 0.681 bits per heavy atom. The fraction of sp³-hybridized carbons (Fsp3) is 0.175. The van der Waals surface area contributed by atoms with Crippen LogP contribution in [0.2, 0.25) is 0 Å². The second kappa shape index (κ2) is 17.4. The van der Waals surface area contributed by atoms with Crippen molar-refractivity contribution in [2.24, 2.45) is 5.92 Å². The van der Waals surface area contributed by atoms with Crippen LogP contribution in [-0.4, -0.2) is 10.1 Å². The van der Waals surface area contributed by atoms with E-state index < -0.39 is 5.54 Å². The smallest absolute Gasteiger partial charge is 0.0988 e. The van der Waals surface area contributed by atoms with Crippen LogP contribution in [0, 0.1) is 28.6 Å². The lowest BCUT2D eigenvalue weighted by Crippen LogP contribution is -2.42. The normalized spacial score (nSPS) is 20.4. The van der Waals surface area contributed by atoms with Gasteiger partial charge in [0.05, 0.1) is 34.6 Å². The largest absolute Gasteiger partial charge is 0.332 e. The van der Waals surface area contributed by atoms with Gasteiger partial charge >= 0.3 is 0 Å². The van der Waals surface area contributed by atoms with E-state index in [1.54, 1.807) is 0 Å². The van der Waals surface area contributed by atoms with Crippen molar-refractivity contribution in [3.8, 4) is 29.0 Å². The van der Waals surface area contributed by atoms with Gasteiger partial charge in [0.15, 0.2) is 0 Å². The highest BCUT2D eigenvalue weighted by atomic mass is 15.2. The second-order valence-electron chi connectivity index (χ2n) is 19.1. The predicted octanol–water partition coefficient (Wildman–Crippen LogP) is 15.8. The Kier molecular flexibility index (Phi) is 10.6. The number of anilines is 4. The third kappa shape index (κ3) is 7.41. The summed E-state index contributed by atoms with van der Waals surface area (Å²) in [6.45, 7) is 2.26. The summed E-state index contributed by atoms with van der Waals surface area (Å²) in [5.74, 6) is 0.320. The van der Waals surface area contributed by atoms with Crippen molar-refractivity contribution in [2.45, 2.75) is 63.3 Å². The molecule has 0 radical (unpaired) electrons. The zero-order chi connectivity index (χ0) is 46.5. The Hall–Kier alpha value is -8.32. The number of nitrogens with zero attached hydrogens (tertiary/aromatic N) is 6. The van der Waals surface area contributed by atoms with Gasteiger partial charge < -0.3 is 19.3 Å². The van der Waals surface area contributed by atoms with Crippen molar-refractivity contribution in [2.75, 3.05) is 14.7 Å². The molecule has 0 bridgehead atoms. The molecule has 1 aliphatic heterocycles. The zero-order valence-electron chi connectivity index (χ0n) is 38.8. The van der Waals surface area contributed by atoms with E-state index >= 15 is 0 Å². The Bertz CT molecular complexity index is 3470. The SMILES string of the molecule is CC1(N(c2ccc(-c3ccc(N(C4=CCC(C#N)CC4)C4=CC=C5C(C4)c4ccccc4N5C4=CC=CCC4)cc3)cc2)c2ccc3c(c2)c2ccccc2n3-c2ccccc2)C=CC(C#N)=CC1. The van der Waals surface area contributed by atoms with E-state index in [-0.39, 0.29) is 11.8 Å². The van der Waals surface area contributed by atoms with Crippen LogP contribution in [0.15, 0.2) is 229 Å². The Balaban J connectivity index is 0.887. The molecule has 6 aromatic carbocycles. The van der Waals surface area contributed by atoms with Crippen molar-refractivity contribution >= 4 is 44.6 Å². The molecule has 69 heavy (non-hydrogen) atoms. The second-order valence-corrected chi connectivity index (χ2v) is 19.1. The maximum absolute atomic E-state index is 9.82. The molecule has 334 valence electrons. The van der Waals surface area contributed by atoms with Gasteiger partial charge in [0.1, 0.15) is 0 Å². The summed E-state index contributed by atoms with van der Waals surface area (Å²) >= 11 is 0. The number of benzene rings is 6. The van der Waals surface area contributed by atoms with Crippen LogP contribution in [-0.2, 0) is 0 Å². The molecule has 6 heteroatoms. The lowest BCUT2D eigenvalue weighted by molar-refractivity contribution is 0.569. The summed E-state index contributed by atoms with van der Waals surface area (Å²) in [5, 5.41) is 22.0. The summed E-state index contributed by atoms with van der Waals surface area (Å²) in [6, 6.07) is 57.9. The summed E-state index contributed by atoms with van der Waals surface area (Å²) in [5.41, 5.74) is 17.3. The number of hydrogen-bond acceptors (Lipinski definition) is 5. The van der Waals surface area contributed by atoms with Gasteiger partial charge in [-0.05, 0) is 153 Å². The van der Waals surface area contributed by atoms with Crippen LogP contribution in [0.3, 0.4) is 0 Å². The molecule has 12 rings (SSSR count). The molecule has 3 unspecified atom stereocenters. The summed E-state index contributed by atoms with van der Waals surface area (Å²) < 4.78 is 2.35. The Morgan fingerprint density at radius 2 is 1.42 bits per heavy atom. The molecule has 2 heterocycles. The monoisotopic (exact) mass is 892 g/mol. The fourth-order valence-corrected chi connectivity index (χ4v) is 11.5.